The molecule has 1 aromatic carbocycles. The maximum absolute atomic E-state index is 12.0. The summed E-state index contributed by atoms with van der Waals surface area (Å²) < 4.78 is 0. The summed E-state index contributed by atoms with van der Waals surface area (Å²) >= 11 is 5.87. The van der Waals surface area contributed by atoms with Gasteiger partial charge in [-0.05, 0) is 12.1 Å². The van der Waals surface area contributed by atoms with Gasteiger partial charge in [-0.1, -0.05) is 11.6 Å². The number of halogens is 1. The Kier molecular flexibility index (Phi) is 4.11. The summed E-state index contributed by atoms with van der Waals surface area (Å²) in [5.41, 5.74) is 0.0518. The molecule has 0 aliphatic rings. The summed E-state index contributed by atoms with van der Waals surface area (Å²) in [5.74, 6) is -0.557. The molecular weight excluding hydrogens is 296 g/mol. The van der Waals surface area contributed by atoms with Gasteiger partial charge in [0.05, 0.1) is 26.8 Å². The molecule has 0 saturated carbocycles. The second-order valence-electron chi connectivity index (χ2n) is 3.91. The zero-order chi connectivity index (χ0) is 15.4. The standard InChI is InChI=1S/C13H7ClN4O3/c14-11-3-4-16-7-10(11)13(19)17-12-2-1-9(18(20)21)5-8(12)6-15/h1-5,7H,(H,17,19). The third kappa shape index (κ3) is 3.13. The van der Waals surface area contributed by atoms with Gasteiger partial charge in [0, 0.05) is 24.5 Å². The van der Waals surface area contributed by atoms with E-state index in [1.165, 1.54) is 30.6 Å². The van der Waals surface area contributed by atoms with Gasteiger partial charge < -0.3 is 5.32 Å². The number of carbonyl (C=O) groups is 1. The highest BCUT2D eigenvalue weighted by Crippen LogP contribution is 2.23. The number of amides is 1. The Morgan fingerprint density at radius 1 is 1.43 bits per heavy atom. The molecule has 0 bridgehead atoms. The Morgan fingerprint density at radius 3 is 2.81 bits per heavy atom. The predicted molar refractivity (Wildman–Crippen MR) is 75.0 cm³/mol. The van der Waals surface area contributed by atoms with E-state index in [1.807, 2.05) is 0 Å². The van der Waals surface area contributed by atoms with E-state index in [2.05, 4.69) is 10.3 Å². The molecule has 2 aromatic rings. The fourth-order valence-corrected chi connectivity index (χ4v) is 1.77. The van der Waals surface area contributed by atoms with Gasteiger partial charge in [-0.3, -0.25) is 19.9 Å². The fourth-order valence-electron chi connectivity index (χ4n) is 1.58. The van der Waals surface area contributed by atoms with Crippen LogP contribution in [-0.2, 0) is 0 Å². The number of pyridine rings is 1. The van der Waals surface area contributed by atoms with Gasteiger partial charge in [0.1, 0.15) is 6.07 Å². The molecule has 0 aliphatic carbocycles. The van der Waals surface area contributed by atoms with Crippen LogP contribution >= 0.6 is 11.6 Å². The molecule has 0 fully saturated rings. The molecule has 0 aliphatic heterocycles. The first kappa shape index (κ1) is 14.4. The summed E-state index contributed by atoms with van der Waals surface area (Å²) in [6, 6.07) is 6.82. The molecule has 21 heavy (non-hydrogen) atoms. The van der Waals surface area contributed by atoms with Gasteiger partial charge in [0.25, 0.3) is 11.6 Å². The zero-order valence-electron chi connectivity index (χ0n) is 10.4. The molecule has 104 valence electrons. The number of nitrogens with one attached hydrogen (secondary N) is 1. The molecule has 1 amide bonds. The molecule has 2 rings (SSSR count). The molecule has 0 unspecified atom stereocenters. The van der Waals surface area contributed by atoms with Gasteiger partial charge in [-0.2, -0.15) is 5.26 Å². The largest absolute Gasteiger partial charge is 0.321 e. The van der Waals surface area contributed by atoms with Crippen molar-refractivity contribution in [3.05, 3.63) is 62.9 Å². The Morgan fingerprint density at radius 2 is 2.19 bits per heavy atom. The Hall–Kier alpha value is -2.98. The van der Waals surface area contributed by atoms with E-state index in [1.54, 1.807) is 6.07 Å². The van der Waals surface area contributed by atoms with Crippen molar-refractivity contribution in [1.29, 1.82) is 5.26 Å². The molecule has 1 N–H and O–H groups in total. The maximum atomic E-state index is 12.0. The van der Waals surface area contributed by atoms with Crippen molar-refractivity contribution in [2.24, 2.45) is 0 Å². The third-order valence-electron chi connectivity index (χ3n) is 2.60. The van der Waals surface area contributed by atoms with E-state index < -0.39 is 10.8 Å². The van der Waals surface area contributed by atoms with Crippen LogP contribution in [-0.4, -0.2) is 15.8 Å². The Bertz CT molecular complexity index is 770. The Labute approximate surface area is 123 Å². The number of nitro groups is 1. The average Bonchev–Trinajstić information content (AvgIpc) is 2.47. The molecule has 8 heteroatoms. The van der Waals surface area contributed by atoms with E-state index in [0.717, 1.165) is 6.07 Å². The number of anilines is 1. The molecular formula is C13H7ClN4O3. The normalized spacial score (nSPS) is 9.71. The van der Waals surface area contributed by atoms with Crippen LogP contribution in [0.4, 0.5) is 11.4 Å². The number of nitrogens with zero attached hydrogens (tertiary/aromatic N) is 3. The highest BCUT2D eigenvalue weighted by atomic mass is 35.5. The minimum Gasteiger partial charge on any atom is -0.321 e. The monoisotopic (exact) mass is 302 g/mol. The molecule has 0 radical (unpaired) electrons. The lowest BCUT2D eigenvalue weighted by Gasteiger charge is -2.07. The molecule has 7 nitrogen and oxygen atoms in total. The van der Waals surface area contributed by atoms with Crippen LogP contribution in [0.25, 0.3) is 0 Å². The van der Waals surface area contributed by atoms with Crippen molar-refractivity contribution < 1.29 is 9.72 Å². The summed E-state index contributed by atoms with van der Waals surface area (Å²) in [7, 11) is 0. The van der Waals surface area contributed by atoms with E-state index in [9.17, 15) is 14.9 Å². The van der Waals surface area contributed by atoms with Crippen molar-refractivity contribution in [1.82, 2.24) is 4.98 Å². The van der Waals surface area contributed by atoms with Crippen molar-refractivity contribution in [3.8, 4) is 6.07 Å². The molecule has 0 atom stereocenters. The topological polar surface area (TPSA) is 109 Å². The number of carbonyl (C=O) groups excluding carboxylic acids is 1. The van der Waals surface area contributed by atoms with Crippen LogP contribution in [0.15, 0.2) is 36.7 Å². The molecule has 1 heterocycles. The van der Waals surface area contributed by atoms with E-state index >= 15 is 0 Å². The van der Waals surface area contributed by atoms with Crippen LogP contribution in [0.1, 0.15) is 15.9 Å². The van der Waals surface area contributed by atoms with Gasteiger partial charge >= 0.3 is 0 Å². The summed E-state index contributed by atoms with van der Waals surface area (Å²) in [5, 5.41) is 22.3. The minimum absolute atomic E-state index is 0.0161. The summed E-state index contributed by atoms with van der Waals surface area (Å²) in [4.78, 5) is 25.9. The highest BCUT2D eigenvalue weighted by Gasteiger charge is 2.15. The highest BCUT2D eigenvalue weighted by molar-refractivity contribution is 6.34. The van der Waals surface area contributed by atoms with E-state index in [-0.39, 0.29) is 27.5 Å². The van der Waals surface area contributed by atoms with Gasteiger partial charge in [0.15, 0.2) is 0 Å². The van der Waals surface area contributed by atoms with Crippen LogP contribution in [0.2, 0.25) is 5.02 Å². The van der Waals surface area contributed by atoms with Crippen molar-refractivity contribution in [2.75, 3.05) is 5.32 Å². The number of non-ortho nitro benzene ring substituents is 1. The first-order valence-corrected chi connectivity index (χ1v) is 6.00. The zero-order valence-corrected chi connectivity index (χ0v) is 11.2. The van der Waals surface area contributed by atoms with Crippen LogP contribution < -0.4 is 5.32 Å². The third-order valence-corrected chi connectivity index (χ3v) is 2.92. The number of hydrogen-bond donors (Lipinski definition) is 1. The fraction of sp³-hybridized carbons (Fsp3) is 0. The molecule has 1 aromatic heterocycles. The second-order valence-corrected chi connectivity index (χ2v) is 4.32. The summed E-state index contributed by atoms with van der Waals surface area (Å²) in [6.07, 6.45) is 2.72. The van der Waals surface area contributed by atoms with E-state index in [4.69, 9.17) is 16.9 Å². The van der Waals surface area contributed by atoms with Crippen LogP contribution in [0, 0.1) is 21.4 Å². The predicted octanol–water partition coefficient (Wildman–Crippen LogP) is 2.77. The number of nitro benzene ring substituents is 1. The molecule has 0 saturated heterocycles. The number of nitriles is 1. The second kappa shape index (κ2) is 5.98. The van der Waals surface area contributed by atoms with Crippen LogP contribution in [0.5, 0.6) is 0 Å². The number of hydrogen-bond acceptors (Lipinski definition) is 5. The van der Waals surface area contributed by atoms with Gasteiger partial charge in [-0.25, -0.2) is 0 Å². The summed E-state index contributed by atoms with van der Waals surface area (Å²) in [6.45, 7) is 0. The Balaban J connectivity index is 2.32. The SMILES string of the molecule is N#Cc1cc([N+](=O)[O-])ccc1NC(=O)c1cnccc1Cl. The van der Waals surface area contributed by atoms with Gasteiger partial charge in [0.2, 0.25) is 0 Å². The first-order chi connectivity index (χ1) is 10.0. The van der Waals surface area contributed by atoms with Crippen molar-refractivity contribution in [2.45, 2.75) is 0 Å². The minimum atomic E-state index is -0.621. The van der Waals surface area contributed by atoms with Gasteiger partial charge in [-0.15, -0.1) is 0 Å². The molecule has 0 spiro atoms. The number of benzene rings is 1. The lowest BCUT2D eigenvalue weighted by Crippen LogP contribution is -2.13. The average molecular weight is 303 g/mol. The number of rotatable bonds is 3. The quantitative estimate of drug-likeness (QED) is 0.692. The van der Waals surface area contributed by atoms with Crippen LogP contribution in [0.3, 0.4) is 0 Å². The first-order valence-electron chi connectivity index (χ1n) is 5.62. The smallest absolute Gasteiger partial charge is 0.270 e. The van der Waals surface area contributed by atoms with Crippen molar-refractivity contribution in [3.63, 3.8) is 0 Å². The van der Waals surface area contributed by atoms with Crippen molar-refractivity contribution >= 4 is 28.9 Å². The lowest BCUT2D eigenvalue weighted by molar-refractivity contribution is -0.384. The van der Waals surface area contributed by atoms with E-state index in [0.29, 0.717) is 0 Å². The lowest BCUT2D eigenvalue weighted by atomic mass is 10.1. The number of aromatic nitrogens is 1. The maximum Gasteiger partial charge on any atom is 0.270 e.